The highest BCUT2D eigenvalue weighted by atomic mass is 16.5. The molecule has 2 N–H and O–H groups in total. The highest BCUT2D eigenvalue weighted by Gasteiger charge is 2.28. The first kappa shape index (κ1) is 13.2. The fourth-order valence-electron chi connectivity index (χ4n) is 2.45. The molecule has 1 amide bonds. The van der Waals surface area contributed by atoms with Crippen molar-refractivity contribution >= 4 is 6.09 Å². The van der Waals surface area contributed by atoms with Gasteiger partial charge in [0.25, 0.3) is 5.89 Å². The average molecular weight is 287 g/mol. The molecule has 0 bridgehead atoms. The van der Waals surface area contributed by atoms with Crippen LogP contribution < -0.4 is 0 Å². The molecule has 0 unspecified atom stereocenters. The van der Waals surface area contributed by atoms with Crippen LogP contribution in [-0.2, 0) is 0 Å². The lowest BCUT2D eigenvalue weighted by Crippen LogP contribution is -2.38. The largest absolute Gasteiger partial charge is 0.465 e. The van der Waals surface area contributed by atoms with E-state index in [4.69, 9.17) is 14.9 Å². The van der Waals surface area contributed by atoms with Crippen molar-refractivity contribution in [2.24, 2.45) is 0 Å². The Morgan fingerprint density at radius 1 is 1.62 bits per heavy atom. The summed E-state index contributed by atoms with van der Waals surface area (Å²) in [6.07, 6.45) is 2.25. The summed E-state index contributed by atoms with van der Waals surface area (Å²) in [5, 5.41) is 21.8. The van der Waals surface area contributed by atoms with E-state index in [-0.39, 0.29) is 5.92 Å². The minimum Gasteiger partial charge on any atom is -0.465 e. The Morgan fingerprint density at radius 2 is 2.48 bits per heavy atom. The van der Waals surface area contributed by atoms with Gasteiger partial charge in [-0.1, -0.05) is 5.16 Å². The number of aromatic amines is 1. The van der Waals surface area contributed by atoms with E-state index >= 15 is 0 Å². The molecule has 1 atom stereocenters. The smallest absolute Gasteiger partial charge is 0.407 e. The summed E-state index contributed by atoms with van der Waals surface area (Å²) < 4.78 is 5.19. The maximum Gasteiger partial charge on any atom is 0.407 e. The van der Waals surface area contributed by atoms with Crippen LogP contribution in [0.3, 0.4) is 0 Å². The summed E-state index contributed by atoms with van der Waals surface area (Å²) in [6, 6.07) is 3.64. The van der Waals surface area contributed by atoms with Gasteiger partial charge in [0.15, 0.2) is 5.82 Å². The molecule has 8 nitrogen and oxygen atoms in total. The highest BCUT2D eigenvalue weighted by molar-refractivity contribution is 5.65. The standard InChI is InChI=1S/C13H13N5O3/c14-5-8-4-10(15-6-8)12-16-11(17-21-12)9-2-1-3-18(7-9)13(19)20/h4,6,9,15H,1-3,7H2,(H,19,20)/t9-/m0/s1. The van der Waals surface area contributed by atoms with Gasteiger partial charge in [0.05, 0.1) is 5.56 Å². The van der Waals surface area contributed by atoms with Gasteiger partial charge in [0.2, 0.25) is 0 Å². The molecule has 3 heterocycles. The zero-order valence-corrected chi connectivity index (χ0v) is 11.1. The van der Waals surface area contributed by atoms with E-state index in [0.717, 1.165) is 12.8 Å². The van der Waals surface area contributed by atoms with Gasteiger partial charge in [0.1, 0.15) is 11.8 Å². The number of hydrogen-bond donors (Lipinski definition) is 2. The third-order valence-corrected chi connectivity index (χ3v) is 3.54. The van der Waals surface area contributed by atoms with Crippen molar-refractivity contribution in [2.45, 2.75) is 18.8 Å². The lowest BCUT2D eigenvalue weighted by atomic mass is 9.98. The number of piperidine rings is 1. The molecule has 2 aromatic rings. The zero-order valence-electron chi connectivity index (χ0n) is 11.1. The summed E-state index contributed by atoms with van der Waals surface area (Å²) >= 11 is 0. The molecule has 1 saturated heterocycles. The van der Waals surface area contributed by atoms with Crippen molar-refractivity contribution in [1.82, 2.24) is 20.0 Å². The number of hydrogen-bond acceptors (Lipinski definition) is 5. The molecule has 2 aromatic heterocycles. The van der Waals surface area contributed by atoms with E-state index < -0.39 is 6.09 Å². The molecule has 1 fully saturated rings. The van der Waals surface area contributed by atoms with Crippen LogP contribution in [0, 0.1) is 11.3 Å². The van der Waals surface area contributed by atoms with Crippen LogP contribution in [0.5, 0.6) is 0 Å². The van der Waals surface area contributed by atoms with Crippen molar-refractivity contribution < 1.29 is 14.4 Å². The Kier molecular flexibility index (Phi) is 3.31. The molecular weight excluding hydrogens is 274 g/mol. The molecule has 0 spiro atoms. The van der Waals surface area contributed by atoms with Crippen LogP contribution in [0.15, 0.2) is 16.8 Å². The Bertz CT molecular complexity index is 699. The fourth-order valence-corrected chi connectivity index (χ4v) is 2.45. The summed E-state index contributed by atoms with van der Waals surface area (Å²) in [7, 11) is 0. The van der Waals surface area contributed by atoms with Gasteiger partial charge < -0.3 is 19.5 Å². The molecule has 0 saturated carbocycles. The van der Waals surface area contributed by atoms with Gasteiger partial charge in [-0.2, -0.15) is 10.2 Å². The van der Waals surface area contributed by atoms with Crippen molar-refractivity contribution in [3.05, 3.63) is 23.7 Å². The first-order chi connectivity index (χ1) is 10.2. The van der Waals surface area contributed by atoms with Crippen LogP contribution >= 0.6 is 0 Å². The third kappa shape index (κ3) is 2.58. The van der Waals surface area contributed by atoms with Crippen LogP contribution in [0.2, 0.25) is 0 Å². The van der Waals surface area contributed by atoms with Crippen molar-refractivity contribution in [2.75, 3.05) is 13.1 Å². The molecule has 3 rings (SSSR count). The molecular formula is C13H13N5O3. The second-order valence-corrected chi connectivity index (χ2v) is 4.94. The summed E-state index contributed by atoms with van der Waals surface area (Å²) in [6.45, 7) is 0.918. The summed E-state index contributed by atoms with van der Waals surface area (Å²) in [4.78, 5) is 19.6. The summed E-state index contributed by atoms with van der Waals surface area (Å²) in [5.74, 6) is 0.751. The summed E-state index contributed by atoms with van der Waals surface area (Å²) in [5.41, 5.74) is 1.07. The van der Waals surface area contributed by atoms with Crippen LogP contribution in [-0.4, -0.2) is 44.3 Å². The number of carbonyl (C=O) groups is 1. The van der Waals surface area contributed by atoms with Gasteiger partial charge >= 0.3 is 6.09 Å². The monoisotopic (exact) mass is 287 g/mol. The number of nitrogens with zero attached hydrogens (tertiary/aromatic N) is 4. The van der Waals surface area contributed by atoms with E-state index in [9.17, 15) is 4.79 Å². The number of aromatic nitrogens is 3. The second-order valence-electron chi connectivity index (χ2n) is 4.94. The SMILES string of the molecule is N#Cc1c[nH]c(-c2nc([C@H]3CCCN(C(=O)O)C3)no2)c1. The first-order valence-electron chi connectivity index (χ1n) is 6.57. The van der Waals surface area contributed by atoms with Crippen LogP contribution in [0.1, 0.15) is 30.1 Å². The Morgan fingerprint density at radius 3 is 3.19 bits per heavy atom. The number of H-pyrrole nitrogens is 1. The Labute approximate surface area is 120 Å². The van der Waals surface area contributed by atoms with Crippen LogP contribution in [0.25, 0.3) is 11.6 Å². The average Bonchev–Trinajstić information content (AvgIpc) is 3.16. The van der Waals surface area contributed by atoms with E-state index in [1.807, 2.05) is 6.07 Å². The molecule has 1 aliphatic rings. The van der Waals surface area contributed by atoms with Crippen LogP contribution in [0.4, 0.5) is 4.79 Å². The molecule has 0 aromatic carbocycles. The quantitative estimate of drug-likeness (QED) is 0.869. The maximum absolute atomic E-state index is 11.0. The van der Waals surface area contributed by atoms with E-state index in [1.54, 1.807) is 12.3 Å². The minimum atomic E-state index is -0.925. The van der Waals surface area contributed by atoms with Gasteiger partial charge in [-0.25, -0.2) is 4.79 Å². The maximum atomic E-state index is 11.0. The number of likely N-dealkylation sites (tertiary alicyclic amines) is 1. The van der Waals surface area contributed by atoms with Crippen molar-refractivity contribution in [3.63, 3.8) is 0 Å². The predicted octanol–water partition coefficient (Wildman–Crippen LogP) is 1.79. The molecule has 21 heavy (non-hydrogen) atoms. The van der Waals surface area contributed by atoms with E-state index in [0.29, 0.717) is 36.1 Å². The van der Waals surface area contributed by atoms with Gasteiger partial charge in [0, 0.05) is 25.2 Å². The van der Waals surface area contributed by atoms with Crippen molar-refractivity contribution in [3.8, 4) is 17.7 Å². The normalized spacial score (nSPS) is 18.4. The minimum absolute atomic E-state index is 0.0576. The van der Waals surface area contributed by atoms with E-state index in [2.05, 4.69) is 15.1 Å². The topological polar surface area (TPSA) is 119 Å². The number of carboxylic acid groups (broad SMARTS) is 1. The predicted molar refractivity (Wildman–Crippen MR) is 70.4 cm³/mol. The van der Waals surface area contributed by atoms with Crippen molar-refractivity contribution in [1.29, 1.82) is 5.26 Å². The number of amides is 1. The Balaban J connectivity index is 1.78. The molecule has 0 aliphatic carbocycles. The molecule has 108 valence electrons. The number of nitrogens with one attached hydrogen (secondary N) is 1. The molecule has 1 aliphatic heterocycles. The zero-order chi connectivity index (χ0) is 14.8. The highest BCUT2D eigenvalue weighted by Crippen LogP contribution is 2.27. The van der Waals surface area contributed by atoms with Gasteiger partial charge in [-0.3, -0.25) is 0 Å². The van der Waals surface area contributed by atoms with Gasteiger partial charge in [-0.15, -0.1) is 0 Å². The number of rotatable bonds is 2. The Hall–Kier alpha value is -2.82. The lowest BCUT2D eigenvalue weighted by Gasteiger charge is -2.28. The third-order valence-electron chi connectivity index (χ3n) is 3.54. The fraction of sp³-hybridized carbons (Fsp3) is 0.385. The second kappa shape index (κ2) is 5.28. The first-order valence-corrected chi connectivity index (χ1v) is 6.57. The molecule has 0 radical (unpaired) electrons. The van der Waals surface area contributed by atoms with Gasteiger partial charge in [-0.05, 0) is 18.9 Å². The van der Waals surface area contributed by atoms with E-state index in [1.165, 1.54) is 4.90 Å². The molecule has 8 heteroatoms. The number of nitriles is 1. The lowest BCUT2D eigenvalue weighted by molar-refractivity contribution is 0.129.